The molecule has 0 amide bonds. The van der Waals surface area contributed by atoms with Gasteiger partial charge in [-0.3, -0.25) is 59.0 Å². The number of nitriles is 1. The van der Waals surface area contributed by atoms with Gasteiger partial charge in [0.2, 0.25) is 0 Å². The van der Waals surface area contributed by atoms with Gasteiger partial charge in [-0.1, -0.05) is 52.3 Å². The number of halogens is 1. The van der Waals surface area contributed by atoms with Crippen molar-refractivity contribution in [3.8, 4) is 6.07 Å². The summed E-state index contributed by atoms with van der Waals surface area (Å²) >= 11 is 2.94. The van der Waals surface area contributed by atoms with E-state index < -0.39 is 0 Å². The molecule has 18 nitrogen and oxygen atoms in total. The number of aromatic nitrogens is 6. The Bertz CT molecular complexity index is 2170. The molecule has 6 heterocycles. The van der Waals surface area contributed by atoms with E-state index in [1.807, 2.05) is 135 Å². The molecule has 1 N–H and O–H groups in total. The Morgan fingerprint density at radius 2 is 0.901 bits per heavy atom. The fourth-order valence-electron chi connectivity index (χ4n) is 6.07. The van der Waals surface area contributed by atoms with Gasteiger partial charge in [0, 0.05) is 110 Å². The van der Waals surface area contributed by atoms with E-state index in [0.717, 1.165) is 73.4 Å². The summed E-state index contributed by atoms with van der Waals surface area (Å²) in [5.74, 6) is -0.429. The summed E-state index contributed by atoms with van der Waals surface area (Å²) < 4.78 is 9.68. The van der Waals surface area contributed by atoms with Crippen LogP contribution in [0, 0.1) is 11.3 Å². The zero-order chi connectivity index (χ0) is 50.7. The van der Waals surface area contributed by atoms with Crippen LogP contribution in [0.3, 0.4) is 0 Å². The Labute approximate surface area is 448 Å². The first-order chi connectivity index (χ1) is 34.3. The molecule has 0 bridgehead atoms. The number of carbonyl (C=O) groups excluding carboxylic acids is 3. The number of hydrogen-bond donors (Lipinski definition) is 1. The third-order valence-electron chi connectivity index (χ3n) is 9.04. The van der Waals surface area contributed by atoms with Gasteiger partial charge >= 0.3 is 41.5 Å². The Kier molecular flexibility index (Phi) is 38.1. The van der Waals surface area contributed by atoms with E-state index in [1.54, 1.807) is 19.2 Å². The van der Waals surface area contributed by atoms with Crippen molar-refractivity contribution in [1.82, 2.24) is 49.9 Å². The van der Waals surface area contributed by atoms with Crippen LogP contribution in [0.1, 0.15) is 54.9 Å². The minimum absolute atomic E-state index is 0. The van der Waals surface area contributed by atoms with Crippen molar-refractivity contribution in [1.29, 1.82) is 5.26 Å². The van der Waals surface area contributed by atoms with E-state index in [4.69, 9.17) is 20.1 Å². The molecule has 71 heavy (non-hydrogen) atoms. The molecule has 6 aromatic heterocycles. The third kappa shape index (κ3) is 32.6. The van der Waals surface area contributed by atoms with Crippen LogP contribution in [0.25, 0.3) is 0 Å². The maximum Gasteiger partial charge on any atom is 1.00 e. The van der Waals surface area contributed by atoms with Gasteiger partial charge in [0.25, 0.3) is 6.47 Å². The second-order valence-corrected chi connectivity index (χ2v) is 15.0. The van der Waals surface area contributed by atoms with E-state index >= 15 is 0 Å². The van der Waals surface area contributed by atoms with Crippen molar-refractivity contribution in [2.45, 2.75) is 60.0 Å². The monoisotopic (exact) mass is 1040 g/mol. The van der Waals surface area contributed by atoms with Crippen LogP contribution < -0.4 is 40.1 Å². The van der Waals surface area contributed by atoms with Crippen LogP contribution in [0.2, 0.25) is 0 Å². The molecule has 0 aromatic carbocycles. The molecular weight excluding hydrogens is 982 g/mol. The molecule has 0 atom stereocenters. The van der Waals surface area contributed by atoms with Gasteiger partial charge < -0.3 is 24.9 Å². The van der Waals surface area contributed by atoms with Crippen LogP contribution in [-0.4, -0.2) is 114 Å². The average molecular weight is 1050 g/mol. The predicted octanol–water partition coefficient (Wildman–Crippen LogP) is 2.52. The van der Waals surface area contributed by atoms with Crippen molar-refractivity contribution >= 4 is 34.3 Å². The zero-order valence-electron chi connectivity index (χ0n) is 41.0. The second kappa shape index (κ2) is 42.9. The molecule has 0 unspecified atom stereocenters. The third-order valence-corrected chi connectivity index (χ3v) is 9.50. The maximum absolute atomic E-state index is 12.2. The van der Waals surface area contributed by atoms with Crippen molar-refractivity contribution in [3.05, 3.63) is 181 Å². The number of hydrogen-bond acceptors (Lipinski definition) is 18. The van der Waals surface area contributed by atoms with Gasteiger partial charge in [-0.2, -0.15) is 5.26 Å². The largest absolute Gasteiger partial charge is 1.00 e. The normalized spacial score (nSPS) is 9.90. The van der Waals surface area contributed by atoms with Crippen LogP contribution in [-0.2, 0) is 68.0 Å². The number of nitrogens with one attached hydrogen (secondary N) is 1. The van der Waals surface area contributed by atoms with Crippen LogP contribution in [0.5, 0.6) is 0 Å². The van der Waals surface area contributed by atoms with Gasteiger partial charge in [0.05, 0.1) is 60.0 Å². The number of alkyl halides is 1. The number of esters is 2. The van der Waals surface area contributed by atoms with Gasteiger partial charge in [0.15, 0.2) is 0 Å². The average Bonchev–Trinajstić information content (AvgIpc) is 3.39. The molecule has 0 aliphatic carbocycles. The summed E-state index contributed by atoms with van der Waals surface area (Å²) in [5, 5.41) is 19.5. The fraction of sp³-hybridized carbons (Fsp3) is 0.333. The summed E-state index contributed by atoms with van der Waals surface area (Å²) in [4.78, 5) is 66.8. The maximum atomic E-state index is 12.2. The summed E-state index contributed by atoms with van der Waals surface area (Å²) in [5.41, 5.74) is 6.13. The standard InChI is InChI=1S/C24H29N5O2.C20H23N5.C4H7BrO2.C2H3N.CH2O3.Na/c1-2-31-24(30)20-29(19-23-11-5-8-14-27-23)16-15-28(17-21-9-3-6-12-25-21)18-22-10-4-7-13-26-22;1-4-10-22-18(7-1)15-21-13-14-25(16-19-8-2-5-11-23-19)17-20-9-3-6-12-24-20;1-2-7-4(6)3-5;1-2-3;2-1-4-3;/h3-14H,2,15-20H2,1H3;1-12,21H,13-17H2;2-3H2,1H3;1H3;1,3H;/q;;;;;+1/p-1. The number of nitrogens with zero attached hydrogens (tertiary/aromatic N) is 10. The van der Waals surface area contributed by atoms with Crippen LogP contribution >= 0.6 is 15.9 Å². The quantitative estimate of drug-likeness (QED) is 0.0175. The van der Waals surface area contributed by atoms with Gasteiger partial charge in [-0.05, 0) is 86.6 Å². The molecule has 20 heteroatoms. The molecule has 0 saturated heterocycles. The van der Waals surface area contributed by atoms with Crippen molar-refractivity contribution < 1.29 is 63.6 Å². The van der Waals surface area contributed by atoms with Gasteiger partial charge in [-0.25, -0.2) is 0 Å². The summed E-state index contributed by atoms with van der Waals surface area (Å²) in [6, 6.07) is 37.5. The van der Waals surface area contributed by atoms with Gasteiger partial charge in [0.1, 0.15) is 5.33 Å². The summed E-state index contributed by atoms with van der Waals surface area (Å²) in [7, 11) is 0. The Balaban J connectivity index is 0.000000561. The molecule has 0 saturated carbocycles. The second-order valence-electron chi connectivity index (χ2n) is 14.4. The number of carbonyl (C=O) groups is 3. The van der Waals surface area contributed by atoms with Crippen molar-refractivity contribution in [2.24, 2.45) is 0 Å². The van der Waals surface area contributed by atoms with E-state index in [0.29, 0.717) is 44.7 Å². The fourth-order valence-corrected chi connectivity index (χ4v) is 6.24. The molecule has 0 fully saturated rings. The smallest absolute Gasteiger partial charge is 0.662 e. The Hall–Kier alpha value is -5.92. The first-order valence-electron chi connectivity index (χ1n) is 22.4. The molecule has 0 spiro atoms. The number of pyridine rings is 6. The molecule has 6 aromatic rings. The number of rotatable bonds is 24. The summed E-state index contributed by atoms with van der Waals surface area (Å²) in [6.45, 7) is 13.5. The predicted molar refractivity (Wildman–Crippen MR) is 266 cm³/mol. The van der Waals surface area contributed by atoms with Gasteiger partial charge in [-0.15, -0.1) is 0 Å². The SMILES string of the molecule is CC#N.CCOC(=O)CBr.CCOC(=O)CN(CCN(Cc1ccccn1)Cc1ccccn1)Cc1ccccn1.O=CO[O-].[Na+].c1ccc(CNCCN(Cc2ccccn2)Cc2ccccn2)nc1. The zero-order valence-corrected chi connectivity index (χ0v) is 44.6. The van der Waals surface area contributed by atoms with E-state index in [9.17, 15) is 9.59 Å². The van der Waals surface area contributed by atoms with Crippen molar-refractivity contribution in [3.63, 3.8) is 0 Å². The molecular formula is C51H63BrN11NaO7. The van der Waals surface area contributed by atoms with Crippen LogP contribution in [0.15, 0.2) is 146 Å². The van der Waals surface area contributed by atoms with E-state index in [1.165, 1.54) is 6.92 Å². The van der Waals surface area contributed by atoms with E-state index in [-0.39, 0.29) is 54.5 Å². The molecule has 0 radical (unpaired) electrons. The first-order valence-corrected chi connectivity index (χ1v) is 23.6. The van der Waals surface area contributed by atoms with E-state index in [2.05, 4.69) is 87.6 Å². The Morgan fingerprint density at radius 3 is 1.20 bits per heavy atom. The minimum atomic E-state index is -0.223. The molecule has 0 aliphatic heterocycles. The van der Waals surface area contributed by atoms with Crippen molar-refractivity contribution in [2.75, 3.05) is 51.3 Å². The molecule has 372 valence electrons. The molecule has 6 rings (SSSR count). The number of ether oxygens (including phenoxy) is 2. The minimum Gasteiger partial charge on any atom is -0.662 e. The van der Waals surface area contributed by atoms with Crippen LogP contribution in [0.4, 0.5) is 0 Å². The molecule has 0 aliphatic rings. The summed E-state index contributed by atoms with van der Waals surface area (Å²) in [6.07, 6.45) is 10.9. The Morgan fingerprint density at radius 1 is 0.592 bits per heavy atom. The first kappa shape index (κ1) is 63.1. The topological polar surface area (TPSA) is 225 Å².